The number of aryl methyl sites for hydroxylation is 1. The van der Waals surface area contributed by atoms with Gasteiger partial charge in [-0.15, -0.1) is 0 Å². The molecule has 0 bridgehead atoms. The predicted octanol–water partition coefficient (Wildman–Crippen LogP) is 4.44. The molecule has 0 N–H and O–H groups in total. The molecule has 6 nitrogen and oxygen atoms in total. The van der Waals surface area contributed by atoms with E-state index < -0.39 is 0 Å². The molecule has 0 aliphatic rings. The van der Waals surface area contributed by atoms with Gasteiger partial charge in [0, 0.05) is 6.07 Å². The highest BCUT2D eigenvalue weighted by Gasteiger charge is 2.22. The zero-order chi connectivity index (χ0) is 19.0. The smallest absolute Gasteiger partial charge is 0.206 e. The van der Waals surface area contributed by atoms with E-state index in [-0.39, 0.29) is 12.0 Å². The van der Waals surface area contributed by atoms with Gasteiger partial charge in [0.05, 0.1) is 25.9 Å². The lowest BCUT2D eigenvalue weighted by molar-refractivity contribution is 0.311. The molecular weight excluding hydrogens is 348 g/mol. The SMILES string of the molecule is COc1cccc(COc2c3ccoc3c(OC)c3oc(C)cc(=O)c23)c1. The van der Waals surface area contributed by atoms with Crippen LogP contribution >= 0.6 is 0 Å². The Balaban J connectivity index is 1.90. The van der Waals surface area contributed by atoms with Crippen molar-refractivity contribution in [3.8, 4) is 17.2 Å². The minimum absolute atomic E-state index is 0.198. The molecule has 0 aliphatic heterocycles. The van der Waals surface area contributed by atoms with Crippen molar-refractivity contribution in [3.63, 3.8) is 0 Å². The molecule has 0 fully saturated rings. The molecule has 0 amide bonds. The van der Waals surface area contributed by atoms with Crippen LogP contribution in [0, 0.1) is 6.92 Å². The van der Waals surface area contributed by atoms with Crippen LogP contribution in [-0.4, -0.2) is 14.2 Å². The summed E-state index contributed by atoms with van der Waals surface area (Å²) in [7, 11) is 3.12. The van der Waals surface area contributed by atoms with Gasteiger partial charge in [0.25, 0.3) is 0 Å². The maximum Gasteiger partial charge on any atom is 0.206 e. The van der Waals surface area contributed by atoms with Gasteiger partial charge in [0.1, 0.15) is 29.3 Å². The third kappa shape index (κ3) is 2.89. The maximum absolute atomic E-state index is 12.7. The highest BCUT2D eigenvalue weighted by atomic mass is 16.5. The van der Waals surface area contributed by atoms with Gasteiger partial charge in [-0.1, -0.05) is 12.1 Å². The molecule has 27 heavy (non-hydrogen) atoms. The van der Waals surface area contributed by atoms with E-state index in [0.717, 1.165) is 11.3 Å². The summed E-state index contributed by atoms with van der Waals surface area (Å²) < 4.78 is 28.1. The first-order valence-electron chi connectivity index (χ1n) is 8.39. The quantitative estimate of drug-likeness (QED) is 0.520. The Morgan fingerprint density at radius 1 is 1.00 bits per heavy atom. The van der Waals surface area contributed by atoms with Crippen LogP contribution in [0.3, 0.4) is 0 Å². The second-order valence-corrected chi connectivity index (χ2v) is 6.09. The van der Waals surface area contributed by atoms with Crippen molar-refractivity contribution in [1.82, 2.24) is 0 Å². The Kier molecular flexibility index (Phi) is 4.24. The lowest BCUT2D eigenvalue weighted by atomic mass is 10.1. The van der Waals surface area contributed by atoms with Crippen LogP contribution in [0.25, 0.3) is 21.9 Å². The topological polar surface area (TPSA) is 71.0 Å². The lowest BCUT2D eigenvalue weighted by Gasteiger charge is -2.13. The van der Waals surface area contributed by atoms with Crippen molar-refractivity contribution in [2.24, 2.45) is 0 Å². The lowest BCUT2D eigenvalue weighted by Crippen LogP contribution is -2.06. The summed E-state index contributed by atoms with van der Waals surface area (Å²) in [5.74, 6) is 2.00. The molecule has 6 heteroatoms. The van der Waals surface area contributed by atoms with Crippen LogP contribution in [-0.2, 0) is 6.61 Å². The van der Waals surface area contributed by atoms with Gasteiger partial charge in [-0.2, -0.15) is 0 Å². The molecule has 0 aliphatic carbocycles. The van der Waals surface area contributed by atoms with Crippen LogP contribution < -0.4 is 19.6 Å². The summed E-state index contributed by atoms with van der Waals surface area (Å²) in [5, 5.41) is 0.979. The average molecular weight is 366 g/mol. The Labute approximate surface area is 154 Å². The summed E-state index contributed by atoms with van der Waals surface area (Å²) in [4.78, 5) is 12.7. The molecule has 0 radical (unpaired) electrons. The summed E-state index contributed by atoms with van der Waals surface area (Å²) in [6, 6.07) is 10.7. The summed E-state index contributed by atoms with van der Waals surface area (Å²) in [6.45, 7) is 1.97. The van der Waals surface area contributed by atoms with Crippen molar-refractivity contribution < 1.29 is 23.0 Å². The van der Waals surface area contributed by atoms with E-state index in [2.05, 4.69) is 0 Å². The number of methoxy groups -OCH3 is 2. The van der Waals surface area contributed by atoms with Gasteiger partial charge in [-0.05, 0) is 30.7 Å². The first-order chi connectivity index (χ1) is 13.1. The minimum Gasteiger partial charge on any atom is -0.497 e. The fraction of sp³-hybridized carbons (Fsp3) is 0.190. The van der Waals surface area contributed by atoms with Gasteiger partial charge >= 0.3 is 0 Å². The Morgan fingerprint density at radius 2 is 1.85 bits per heavy atom. The van der Waals surface area contributed by atoms with Crippen molar-refractivity contribution in [2.45, 2.75) is 13.5 Å². The molecule has 0 saturated carbocycles. The van der Waals surface area contributed by atoms with E-state index in [4.69, 9.17) is 23.0 Å². The fourth-order valence-electron chi connectivity index (χ4n) is 3.14. The summed E-state index contributed by atoms with van der Waals surface area (Å²) in [6.07, 6.45) is 1.53. The third-order valence-corrected chi connectivity index (χ3v) is 4.34. The van der Waals surface area contributed by atoms with Crippen LogP contribution in [0.1, 0.15) is 11.3 Å². The van der Waals surface area contributed by atoms with Gasteiger partial charge in [-0.25, -0.2) is 0 Å². The van der Waals surface area contributed by atoms with Crippen molar-refractivity contribution >= 4 is 21.9 Å². The van der Waals surface area contributed by atoms with E-state index in [1.807, 2.05) is 24.3 Å². The van der Waals surface area contributed by atoms with Crippen LogP contribution in [0.2, 0.25) is 0 Å². The van der Waals surface area contributed by atoms with Gasteiger partial charge in [-0.3, -0.25) is 4.79 Å². The van der Waals surface area contributed by atoms with Gasteiger partial charge < -0.3 is 23.0 Å². The first-order valence-corrected chi connectivity index (χ1v) is 8.39. The number of hydrogen-bond donors (Lipinski definition) is 0. The maximum atomic E-state index is 12.7. The molecule has 2 aromatic carbocycles. The van der Waals surface area contributed by atoms with Crippen LogP contribution in [0.4, 0.5) is 0 Å². The molecular formula is C21H18O6. The molecule has 4 rings (SSSR count). The number of fused-ring (bicyclic) bond motifs is 2. The Bertz CT molecular complexity index is 1180. The van der Waals surface area contributed by atoms with Crippen LogP contribution in [0.15, 0.2) is 56.3 Å². The molecule has 0 saturated heterocycles. The fourth-order valence-corrected chi connectivity index (χ4v) is 3.14. The highest BCUT2D eigenvalue weighted by molar-refractivity contribution is 6.06. The Morgan fingerprint density at radius 3 is 2.63 bits per heavy atom. The molecule has 2 heterocycles. The predicted molar refractivity (Wildman–Crippen MR) is 101 cm³/mol. The molecule has 0 spiro atoms. The largest absolute Gasteiger partial charge is 0.497 e. The number of furan rings is 1. The zero-order valence-corrected chi connectivity index (χ0v) is 15.2. The summed E-state index contributed by atoms with van der Waals surface area (Å²) in [5.41, 5.74) is 1.49. The molecule has 0 atom stereocenters. The van der Waals surface area contributed by atoms with Crippen molar-refractivity contribution in [3.05, 3.63) is 64.2 Å². The molecule has 4 aromatic rings. The highest BCUT2D eigenvalue weighted by Crippen LogP contribution is 2.42. The third-order valence-electron chi connectivity index (χ3n) is 4.34. The van der Waals surface area contributed by atoms with Gasteiger partial charge in [0.15, 0.2) is 16.6 Å². The number of ether oxygens (including phenoxy) is 3. The summed E-state index contributed by atoms with van der Waals surface area (Å²) >= 11 is 0. The van der Waals surface area contributed by atoms with E-state index in [9.17, 15) is 4.79 Å². The van der Waals surface area contributed by atoms with Gasteiger partial charge in [0.2, 0.25) is 5.75 Å². The monoisotopic (exact) mass is 366 g/mol. The molecule has 138 valence electrons. The van der Waals surface area contributed by atoms with E-state index in [1.54, 1.807) is 20.1 Å². The molecule has 0 unspecified atom stereocenters. The number of hydrogen-bond acceptors (Lipinski definition) is 6. The van der Waals surface area contributed by atoms with E-state index >= 15 is 0 Å². The minimum atomic E-state index is -0.198. The van der Waals surface area contributed by atoms with Crippen molar-refractivity contribution in [2.75, 3.05) is 14.2 Å². The van der Waals surface area contributed by atoms with Crippen LogP contribution in [0.5, 0.6) is 17.2 Å². The average Bonchev–Trinajstić information content (AvgIpc) is 3.14. The van der Waals surface area contributed by atoms with E-state index in [0.29, 0.717) is 39.2 Å². The first kappa shape index (κ1) is 17.0. The second kappa shape index (κ2) is 6.72. The van der Waals surface area contributed by atoms with E-state index in [1.165, 1.54) is 19.4 Å². The number of rotatable bonds is 5. The normalized spacial score (nSPS) is 11.1. The second-order valence-electron chi connectivity index (χ2n) is 6.09. The number of benzene rings is 2. The van der Waals surface area contributed by atoms with Crippen molar-refractivity contribution in [1.29, 1.82) is 0 Å². The Hall–Kier alpha value is -3.41. The standard InChI is InChI=1S/C21H18O6/c1-12-9-16(22)17-18(26-11-13-5-4-6-14(10-13)23-2)15-7-8-25-19(15)21(24-3)20(17)27-12/h4-10H,11H2,1-3H3. The zero-order valence-electron chi connectivity index (χ0n) is 15.2. The molecule has 2 aromatic heterocycles.